The predicted molar refractivity (Wildman–Crippen MR) is 147 cm³/mol. The van der Waals surface area contributed by atoms with E-state index in [-0.39, 0.29) is 34.0 Å². The van der Waals surface area contributed by atoms with Crippen molar-refractivity contribution in [1.82, 2.24) is 15.3 Å². The summed E-state index contributed by atoms with van der Waals surface area (Å²) in [6, 6.07) is 9.77. The fourth-order valence-corrected chi connectivity index (χ4v) is 5.41. The molecule has 2 atom stereocenters. The number of phenols is 1. The van der Waals surface area contributed by atoms with Crippen LogP contribution in [0, 0.1) is 24.0 Å². The van der Waals surface area contributed by atoms with Crippen molar-refractivity contribution < 1.29 is 18.6 Å². The second-order valence-corrected chi connectivity index (χ2v) is 9.77. The topological polar surface area (TPSA) is 70.5 Å². The van der Waals surface area contributed by atoms with Gasteiger partial charge in [-0.1, -0.05) is 38.3 Å². The Hall–Kier alpha value is -3.96. The van der Waals surface area contributed by atoms with E-state index in [0.717, 1.165) is 25.9 Å². The number of aromatic nitrogens is 2. The van der Waals surface area contributed by atoms with Crippen LogP contribution < -0.4 is 15.0 Å². The first kappa shape index (κ1) is 25.7. The highest BCUT2D eigenvalue weighted by atomic mass is 19.1. The van der Waals surface area contributed by atoms with Crippen LogP contribution in [-0.2, 0) is 0 Å². The maximum Gasteiger partial charge on any atom is 0.318 e. The quantitative estimate of drug-likeness (QED) is 0.337. The normalized spacial score (nSPS) is 18.3. The molecule has 0 aliphatic carbocycles. The van der Waals surface area contributed by atoms with Crippen molar-refractivity contribution in [3.8, 4) is 35.2 Å². The smallest absolute Gasteiger partial charge is 0.318 e. The maximum atomic E-state index is 16.2. The Kier molecular flexibility index (Phi) is 7.04. The summed E-state index contributed by atoms with van der Waals surface area (Å²) in [5, 5.41) is 15.3. The van der Waals surface area contributed by atoms with Gasteiger partial charge in [-0.15, -0.1) is 6.42 Å². The van der Waals surface area contributed by atoms with Crippen LogP contribution in [0.25, 0.3) is 32.8 Å². The Balaban J connectivity index is 0.000000937. The van der Waals surface area contributed by atoms with Gasteiger partial charge in [0, 0.05) is 41.5 Å². The molecular formula is C30H30F2N4O2. The van der Waals surface area contributed by atoms with Gasteiger partial charge in [-0.3, -0.25) is 0 Å². The monoisotopic (exact) mass is 516 g/mol. The summed E-state index contributed by atoms with van der Waals surface area (Å²) in [4.78, 5) is 11.0. The lowest BCUT2D eigenvalue weighted by atomic mass is 9.93. The summed E-state index contributed by atoms with van der Waals surface area (Å²) in [7, 11) is 1.44. The molecule has 6 nitrogen and oxygen atoms in total. The van der Waals surface area contributed by atoms with Gasteiger partial charge in [0.05, 0.1) is 12.7 Å². The van der Waals surface area contributed by atoms with E-state index in [0.29, 0.717) is 34.1 Å². The van der Waals surface area contributed by atoms with Gasteiger partial charge in [0.25, 0.3) is 0 Å². The number of anilines is 1. The highest BCUT2D eigenvalue weighted by Gasteiger charge is 2.34. The average Bonchev–Trinajstić information content (AvgIpc) is 3.25. The summed E-state index contributed by atoms with van der Waals surface area (Å²) in [5.41, 5.74) is 0.526. The van der Waals surface area contributed by atoms with Crippen molar-refractivity contribution >= 4 is 27.5 Å². The van der Waals surface area contributed by atoms with Gasteiger partial charge in [0.1, 0.15) is 22.9 Å². The summed E-state index contributed by atoms with van der Waals surface area (Å²) in [6.45, 7) is 5.77. The molecular weight excluding hydrogens is 486 g/mol. The van der Waals surface area contributed by atoms with Crippen molar-refractivity contribution in [3.05, 3.63) is 53.6 Å². The second kappa shape index (κ2) is 10.4. The number of phenolic OH excluding ortho intramolecular Hbond substituents is 1. The number of nitrogens with zero attached hydrogens (tertiary/aromatic N) is 3. The minimum atomic E-state index is -0.623. The molecule has 2 bridgehead atoms. The lowest BCUT2D eigenvalue weighted by molar-refractivity contribution is 0.380. The molecule has 0 radical (unpaired) electrons. The van der Waals surface area contributed by atoms with Gasteiger partial charge in [-0.25, -0.2) is 8.78 Å². The predicted octanol–water partition coefficient (Wildman–Crippen LogP) is 5.78. The van der Waals surface area contributed by atoms with E-state index in [2.05, 4.69) is 40.0 Å². The fourth-order valence-electron chi connectivity index (χ4n) is 5.41. The standard InChI is InChI=1S/C27H22F2N4O2.C3H8/c1-3-18-22(28)9-4-14-10-17(34)11-21(23(14)18)19-7-8-20-25(24(19)29)31-27(35-2)32-26(20)33-12-15-5-6-16(13-33)30-15;1-3-2/h1,4,7-11,15-16,30,34H,5-6,12-13H2,2H3;3H2,1-2H3. The van der Waals surface area contributed by atoms with Crippen LogP contribution in [0.3, 0.4) is 0 Å². The third kappa shape index (κ3) is 4.48. The van der Waals surface area contributed by atoms with Crippen molar-refractivity contribution in [2.24, 2.45) is 0 Å². The molecule has 1 aromatic heterocycles. The number of hydrogen-bond donors (Lipinski definition) is 2. The van der Waals surface area contributed by atoms with Gasteiger partial charge in [0.2, 0.25) is 0 Å². The number of rotatable bonds is 3. The molecule has 0 amide bonds. The number of hydrogen-bond acceptors (Lipinski definition) is 6. The van der Waals surface area contributed by atoms with Crippen molar-refractivity contribution in [2.75, 3.05) is 25.1 Å². The molecule has 8 heteroatoms. The van der Waals surface area contributed by atoms with Crippen LogP contribution in [0.2, 0.25) is 0 Å². The van der Waals surface area contributed by atoms with E-state index in [1.807, 2.05) is 0 Å². The van der Waals surface area contributed by atoms with Gasteiger partial charge < -0.3 is 20.1 Å². The zero-order valence-corrected chi connectivity index (χ0v) is 21.7. The third-order valence-electron chi connectivity index (χ3n) is 6.95. The lowest BCUT2D eigenvalue weighted by Crippen LogP contribution is -2.51. The number of aromatic hydroxyl groups is 1. The first-order valence-electron chi connectivity index (χ1n) is 12.9. The van der Waals surface area contributed by atoms with E-state index < -0.39 is 11.6 Å². The Morgan fingerprint density at radius 2 is 1.79 bits per heavy atom. The largest absolute Gasteiger partial charge is 0.508 e. The average molecular weight is 517 g/mol. The molecule has 2 unspecified atom stereocenters. The fraction of sp³-hybridized carbons (Fsp3) is 0.333. The number of ether oxygens (including phenoxy) is 1. The van der Waals surface area contributed by atoms with Crippen molar-refractivity contribution in [2.45, 2.75) is 45.2 Å². The Labute approximate surface area is 220 Å². The molecule has 4 aromatic rings. The van der Waals surface area contributed by atoms with Crippen LogP contribution in [0.5, 0.6) is 11.8 Å². The Morgan fingerprint density at radius 1 is 1.08 bits per heavy atom. The van der Waals surface area contributed by atoms with Crippen LogP contribution in [0.15, 0.2) is 36.4 Å². The molecule has 0 spiro atoms. The molecule has 2 aliphatic heterocycles. The number of benzene rings is 3. The molecule has 2 N–H and O–H groups in total. The number of piperazine rings is 1. The second-order valence-electron chi connectivity index (χ2n) is 9.77. The summed E-state index contributed by atoms with van der Waals surface area (Å²) in [5.74, 6) is 1.69. The number of methoxy groups -OCH3 is 1. The number of fused-ring (bicyclic) bond motifs is 4. The summed E-state index contributed by atoms with van der Waals surface area (Å²) in [6.07, 6.45) is 9.05. The minimum Gasteiger partial charge on any atom is -0.508 e. The molecule has 3 aromatic carbocycles. The van der Waals surface area contributed by atoms with Gasteiger partial charge in [-0.05, 0) is 48.1 Å². The molecule has 196 valence electrons. The van der Waals surface area contributed by atoms with E-state index in [9.17, 15) is 9.50 Å². The van der Waals surface area contributed by atoms with Gasteiger partial charge in [0.15, 0.2) is 5.82 Å². The van der Waals surface area contributed by atoms with Gasteiger partial charge in [-0.2, -0.15) is 9.97 Å². The summed E-state index contributed by atoms with van der Waals surface area (Å²) >= 11 is 0. The van der Waals surface area contributed by atoms with Crippen LogP contribution in [0.4, 0.5) is 14.6 Å². The van der Waals surface area contributed by atoms with Crippen LogP contribution in [0.1, 0.15) is 38.7 Å². The highest BCUT2D eigenvalue weighted by Crippen LogP contribution is 2.40. The summed E-state index contributed by atoms with van der Waals surface area (Å²) < 4.78 is 36.0. The molecule has 6 rings (SSSR count). The zero-order chi connectivity index (χ0) is 27.0. The van der Waals surface area contributed by atoms with Crippen LogP contribution in [-0.4, -0.2) is 47.4 Å². The minimum absolute atomic E-state index is 0.00856. The first-order valence-corrected chi connectivity index (χ1v) is 12.9. The number of nitrogens with one attached hydrogen (secondary N) is 1. The molecule has 2 saturated heterocycles. The molecule has 0 saturated carbocycles. The van der Waals surface area contributed by atoms with E-state index in [1.165, 1.54) is 37.8 Å². The zero-order valence-electron chi connectivity index (χ0n) is 21.7. The maximum absolute atomic E-state index is 16.2. The molecule has 38 heavy (non-hydrogen) atoms. The van der Waals surface area contributed by atoms with Crippen LogP contribution >= 0.6 is 0 Å². The van der Waals surface area contributed by atoms with Crippen molar-refractivity contribution in [3.63, 3.8) is 0 Å². The Morgan fingerprint density at radius 3 is 2.45 bits per heavy atom. The third-order valence-corrected chi connectivity index (χ3v) is 6.95. The number of halogens is 2. The SMILES string of the molecule is C#Cc1c(F)ccc2cc(O)cc(-c3ccc4c(N5CC6CCC(C5)N6)nc(OC)nc4c3F)c12.CCC. The lowest BCUT2D eigenvalue weighted by Gasteiger charge is -2.34. The highest BCUT2D eigenvalue weighted by molar-refractivity contribution is 6.04. The molecule has 2 fully saturated rings. The molecule has 2 aliphatic rings. The van der Waals surface area contributed by atoms with Gasteiger partial charge >= 0.3 is 6.01 Å². The Bertz CT molecular complexity index is 1550. The van der Waals surface area contributed by atoms with Crippen molar-refractivity contribution in [1.29, 1.82) is 0 Å². The first-order chi connectivity index (χ1) is 18.4. The van der Waals surface area contributed by atoms with E-state index in [1.54, 1.807) is 12.1 Å². The van der Waals surface area contributed by atoms with E-state index in [4.69, 9.17) is 11.2 Å². The molecule has 3 heterocycles. The van der Waals surface area contributed by atoms with E-state index >= 15 is 4.39 Å². The number of terminal acetylenes is 1.